The fourth-order valence-electron chi connectivity index (χ4n) is 1.67. The van der Waals surface area contributed by atoms with Crippen LogP contribution in [-0.4, -0.2) is 49.8 Å². The van der Waals surface area contributed by atoms with Crippen LogP contribution in [0.3, 0.4) is 0 Å². The van der Waals surface area contributed by atoms with Crippen LogP contribution in [0.5, 0.6) is 5.75 Å². The van der Waals surface area contributed by atoms with Gasteiger partial charge in [0.2, 0.25) is 5.91 Å². The highest BCUT2D eigenvalue weighted by molar-refractivity contribution is 9.11. The van der Waals surface area contributed by atoms with Crippen molar-refractivity contribution >= 4 is 37.8 Å². The highest BCUT2D eigenvalue weighted by atomic mass is 79.9. The summed E-state index contributed by atoms with van der Waals surface area (Å²) in [6.07, 6.45) is 0. The molecule has 112 valence electrons. The van der Waals surface area contributed by atoms with Crippen molar-refractivity contribution in [2.45, 2.75) is 6.54 Å². The van der Waals surface area contributed by atoms with Gasteiger partial charge in [0.25, 0.3) is 0 Å². The van der Waals surface area contributed by atoms with Gasteiger partial charge in [-0.25, -0.2) is 0 Å². The molecule has 0 aliphatic carbocycles. The highest BCUT2D eigenvalue weighted by Gasteiger charge is 2.10. The maximum Gasteiger partial charge on any atom is 0.234 e. The topological polar surface area (TPSA) is 61.8 Å². The summed E-state index contributed by atoms with van der Waals surface area (Å²) in [5.41, 5.74) is 0.994. The standard InChI is InChI=1S/C13H18Br2N2O3/c1-17(8-12(18)16-3-4-20-2)7-9-5-10(14)13(19)11(15)6-9/h5-6,19H,3-4,7-8H2,1-2H3,(H,16,18). The van der Waals surface area contributed by atoms with E-state index in [9.17, 15) is 9.90 Å². The van der Waals surface area contributed by atoms with E-state index in [4.69, 9.17) is 4.74 Å². The largest absolute Gasteiger partial charge is 0.506 e. The molecule has 0 aromatic heterocycles. The predicted octanol–water partition coefficient (Wildman–Crippen LogP) is 2.11. The van der Waals surface area contributed by atoms with E-state index in [1.54, 1.807) is 7.11 Å². The zero-order valence-corrected chi connectivity index (χ0v) is 14.6. The Labute approximate surface area is 135 Å². The van der Waals surface area contributed by atoms with Crippen LogP contribution in [-0.2, 0) is 16.1 Å². The van der Waals surface area contributed by atoms with E-state index in [2.05, 4.69) is 37.2 Å². The van der Waals surface area contributed by atoms with Crippen molar-refractivity contribution in [1.82, 2.24) is 10.2 Å². The van der Waals surface area contributed by atoms with Gasteiger partial charge < -0.3 is 15.2 Å². The lowest BCUT2D eigenvalue weighted by atomic mass is 10.2. The summed E-state index contributed by atoms with van der Waals surface area (Å²) in [6.45, 7) is 1.93. The van der Waals surface area contributed by atoms with Gasteiger partial charge in [0, 0.05) is 20.2 Å². The second kappa shape index (κ2) is 8.61. The van der Waals surface area contributed by atoms with Crippen LogP contribution < -0.4 is 5.32 Å². The number of ether oxygens (including phenoxy) is 1. The number of methoxy groups -OCH3 is 1. The fraction of sp³-hybridized carbons (Fsp3) is 0.462. The average Bonchev–Trinajstić information content (AvgIpc) is 2.35. The minimum Gasteiger partial charge on any atom is -0.506 e. The van der Waals surface area contributed by atoms with Crippen molar-refractivity contribution in [2.75, 3.05) is 33.9 Å². The van der Waals surface area contributed by atoms with Crippen LogP contribution in [0.1, 0.15) is 5.56 Å². The van der Waals surface area contributed by atoms with Gasteiger partial charge in [-0.2, -0.15) is 0 Å². The van der Waals surface area contributed by atoms with Crippen LogP contribution in [0, 0.1) is 0 Å². The predicted molar refractivity (Wildman–Crippen MR) is 84.7 cm³/mol. The normalized spacial score (nSPS) is 10.8. The van der Waals surface area contributed by atoms with Crippen molar-refractivity contribution in [3.8, 4) is 5.75 Å². The molecule has 0 saturated heterocycles. The van der Waals surface area contributed by atoms with Crippen LogP contribution >= 0.6 is 31.9 Å². The van der Waals surface area contributed by atoms with Crippen molar-refractivity contribution in [1.29, 1.82) is 0 Å². The molecule has 0 radical (unpaired) electrons. The molecule has 0 heterocycles. The number of nitrogens with one attached hydrogen (secondary N) is 1. The molecular formula is C13H18Br2N2O3. The summed E-state index contributed by atoms with van der Waals surface area (Å²) in [7, 11) is 3.46. The Morgan fingerprint density at radius 3 is 2.55 bits per heavy atom. The third kappa shape index (κ3) is 5.78. The number of carbonyl (C=O) groups excluding carboxylic acids is 1. The number of likely N-dealkylation sites (N-methyl/N-ethyl adjacent to an activating group) is 1. The minimum absolute atomic E-state index is 0.0403. The summed E-state index contributed by atoms with van der Waals surface area (Å²) < 4.78 is 6.12. The van der Waals surface area contributed by atoms with E-state index in [1.165, 1.54) is 0 Å². The van der Waals surface area contributed by atoms with E-state index in [0.29, 0.717) is 35.2 Å². The summed E-state index contributed by atoms with van der Waals surface area (Å²) in [4.78, 5) is 13.5. The Morgan fingerprint density at radius 2 is 2.00 bits per heavy atom. The van der Waals surface area contributed by atoms with Crippen molar-refractivity contribution < 1.29 is 14.6 Å². The quantitative estimate of drug-likeness (QED) is 0.677. The molecule has 0 aliphatic rings. The van der Waals surface area contributed by atoms with Crippen LogP contribution in [0.4, 0.5) is 0 Å². The molecule has 0 atom stereocenters. The Kier molecular flexibility index (Phi) is 7.50. The Bertz CT molecular complexity index is 446. The second-order valence-corrected chi connectivity index (χ2v) is 6.13. The molecule has 0 fully saturated rings. The van der Waals surface area contributed by atoms with Gasteiger partial charge in [0.1, 0.15) is 5.75 Å². The van der Waals surface area contributed by atoms with Gasteiger partial charge in [-0.3, -0.25) is 9.69 Å². The van der Waals surface area contributed by atoms with Crippen molar-refractivity contribution in [3.63, 3.8) is 0 Å². The van der Waals surface area contributed by atoms with Crippen LogP contribution in [0.15, 0.2) is 21.1 Å². The molecule has 1 aromatic rings. The number of rotatable bonds is 7. The highest BCUT2D eigenvalue weighted by Crippen LogP contribution is 2.33. The van der Waals surface area contributed by atoms with Gasteiger partial charge in [0.15, 0.2) is 0 Å². The Hall–Kier alpha value is -0.630. The summed E-state index contributed by atoms with van der Waals surface area (Å²) in [6, 6.07) is 3.67. The number of phenols is 1. The number of aromatic hydroxyl groups is 1. The second-order valence-electron chi connectivity index (χ2n) is 4.42. The van der Waals surface area contributed by atoms with Crippen molar-refractivity contribution in [3.05, 3.63) is 26.6 Å². The molecular weight excluding hydrogens is 392 g/mol. The van der Waals surface area contributed by atoms with Crippen LogP contribution in [0.2, 0.25) is 0 Å². The molecule has 0 unspecified atom stereocenters. The Balaban J connectivity index is 2.50. The Morgan fingerprint density at radius 1 is 1.40 bits per heavy atom. The monoisotopic (exact) mass is 408 g/mol. The molecule has 2 N–H and O–H groups in total. The van der Waals surface area contributed by atoms with Gasteiger partial charge >= 0.3 is 0 Å². The fourth-order valence-corrected chi connectivity index (χ4v) is 2.95. The van der Waals surface area contributed by atoms with E-state index in [0.717, 1.165) is 5.56 Å². The lowest BCUT2D eigenvalue weighted by Gasteiger charge is -2.17. The molecule has 1 amide bonds. The van der Waals surface area contributed by atoms with Crippen LogP contribution in [0.25, 0.3) is 0 Å². The van der Waals surface area contributed by atoms with E-state index in [1.807, 2.05) is 24.1 Å². The van der Waals surface area contributed by atoms with Gasteiger partial charge in [-0.15, -0.1) is 0 Å². The number of halogens is 2. The molecule has 7 heteroatoms. The lowest BCUT2D eigenvalue weighted by Crippen LogP contribution is -2.36. The molecule has 0 aliphatic heterocycles. The van der Waals surface area contributed by atoms with E-state index in [-0.39, 0.29) is 11.7 Å². The zero-order chi connectivity index (χ0) is 15.1. The maximum absolute atomic E-state index is 11.6. The average molecular weight is 410 g/mol. The first-order chi connectivity index (χ1) is 9.43. The van der Waals surface area contributed by atoms with Crippen molar-refractivity contribution in [2.24, 2.45) is 0 Å². The SMILES string of the molecule is COCCNC(=O)CN(C)Cc1cc(Br)c(O)c(Br)c1. The third-order valence-electron chi connectivity index (χ3n) is 2.57. The van der Waals surface area contributed by atoms with Gasteiger partial charge in [-0.1, -0.05) is 0 Å². The molecule has 0 saturated carbocycles. The zero-order valence-electron chi connectivity index (χ0n) is 11.4. The third-order valence-corrected chi connectivity index (χ3v) is 3.78. The maximum atomic E-state index is 11.6. The first-order valence-electron chi connectivity index (χ1n) is 6.05. The molecule has 0 spiro atoms. The molecule has 20 heavy (non-hydrogen) atoms. The minimum atomic E-state index is -0.0403. The summed E-state index contributed by atoms with van der Waals surface area (Å²) in [5, 5.41) is 12.4. The van der Waals surface area contributed by atoms with E-state index < -0.39 is 0 Å². The first kappa shape index (κ1) is 17.4. The van der Waals surface area contributed by atoms with Gasteiger partial charge in [-0.05, 0) is 56.6 Å². The number of nitrogens with zero attached hydrogens (tertiary/aromatic N) is 1. The number of benzene rings is 1. The summed E-state index contributed by atoms with van der Waals surface area (Å²) in [5.74, 6) is 0.134. The number of phenolic OH excluding ortho intramolecular Hbond substituents is 1. The lowest BCUT2D eigenvalue weighted by molar-refractivity contribution is -0.122. The van der Waals surface area contributed by atoms with E-state index >= 15 is 0 Å². The smallest absolute Gasteiger partial charge is 0.234 e. The number of hydrogen-bond acceptors (Lipinski definition) is 4. The number of amides is 1. The van der Waals surface area contributed by atoms with Gasteiger partial charge in [0.05, 0.1) is 22.1 Å². The molecule has 5 nitrogen and oxygen atoms in total. The first-order valence-corrected chi connectivity index (χ1v) is 7.63. The number of carbonyl (C=O) groups is 1. The number of hydrogen-bond donors (Lipinski definition) is 2. The summed E-state index contributed by atoms with van der Waals surface area (Å²) >= 11 is 6.58. The molecule has 1 aromatic carbocycles. The molecule has 1 rings (SSSR count). The molecule has 0 bridgehead atoms.